The normalized spacial score (nSPS) is 11.0. The Bertz CT molecular complexity index is 1240. The second kappa shape index (κ2) is 10.7. The molecule has 0 aliphatic heterocycles. The number of rotatable bonds is 7. The number of pyridine rings is 1. The van der Waals surface area contributed by atoms with Gasteiger partial charge in [-0.25, -0.2) is 4.98 Å². The molecular formula is C23H17Cl4NO5. The molecule has 0 saturated heterocycles. The molecule has 2 aromatic carbocycles. The summed E-state index contributed by atoms with van der Waals surface area (Å²) < 4.78 is 9.91. The van der Waals surface area contributed by atoms with Crippen LogP contribution in [0.5, 0.6) is 0 Å². The van der Waals surface area contributed by atoms with Gasteiger partial charge < -0.3 is 9.47 Å². The second-order valence-corrected chi connectivity index (χ2v) is 8.43. The molecule has 0 amide bonds. The molecule has 0 bridgehead atoms. The van der Waals surface area contributed by atoms with Gasteiger partial charge in [0, 0.05) is 21.5 Å². The van der Waals surface area contributed by atoms with Gasteiger partial charge in [0.05, 0.1) is 39.5 Å². The van der Waals surface area contributed by atoms with Crippen LogP contribution in [0.15, 0.2) is 36.4 Å². The first-order chi connectivity index (χ1) is 15.7. The van der Waals surface area contributed by atoms with E-state index in [9.17, 15) is 14.4 Å². The number of carbonyl (C=O) groups is 3. The molecule has 1 heterocycles. The van der Waals surface area contributed by atoms with Gasteiger partial charge in [0.15, 0.2) is 5.78 Å². The van der Waals surface area contributed by atoms with E-state index in [0.717, 1.165) is 0 Å². The highest BCUT2D eigenvalue weighted by Gasteiger charge is 2.38. The van der Waals surface area contributed by atoms with Crippen LogP contribution in [-0.4, -0.2) is 35.9 Å². The molecule has 3 aromatic rings. The van der Waals surface area contributed by atoms with Gasteiger partial charge in [0.25, 0.3) is 0 Å². The highest BCUT2D eigenvalue weighted by atomic mass is 35.5. The fourth-order valence-corrected chi connectivity index (χ4v) is 4.01. The number of nitrogens with zero attached hydrogens (tertiary/aromatic N) is 1. The monoisotopic (exact) mass is 527 g/mol. The Morgan fingerprint density at radius 2 is 1.48 bits per heavy atom. The van der Waals surface area contributed by atoms with Crippen molar-refractivity contribution < 1.29 is 23.9 Å². The number of ether oxygens (including phenoxy) is 2. The zero-order valence-electron chi connectivity index (χ0n) is 17.5. The summed E-state index contributed by atoms with van der Waals surface area (Å²) >= 11 is 24.7. The number of ketones is 1. The van der Waals surface area contributed by atoms with E-state index in [1.54, 1.807) is 32.0 Å². The average molecular weight is 529 g/mol. The predicted molar refractivity (Wildman–Crippen MR) is 128 cm³/mol. The van der Waals surface area contributed by atoms with Crippen LogP contribution in [0, 0.1) is 5.92 Å². The van der Waals surface area contributed by atoms with E-state index in [1.807, 2.05) is 0 Å². The van der Waals surface area contributed by atoms with E-state index in [1.165, 1.54) is 18.2 Å². The van der Waals surface area contributed by atoms with Crippen LogP contribution in [0.3, 0.4) is 0 Å². The number of carbonyl (C=O) groups excluding carboxylic acids is 3. The Morgan fingerprint density at radius 3 is 2.06 bits per heavy atom. The van der Waals surface area contributed by atoms with Gasteiger partial charge >= 0.3 is 11.9 Å². The summed E-state index contributed by atoms with van der Waals surface area (Å²) in [5.41, 5.74) is 1.10. The quantitative estimate of drug-likeness (QED) is 0.199. The van der Waals surface area contributed by atoms with Gasteiger partial charge in [0.2, 0.25) is 5.92 Å². The lowest BCUT2D eigenvalue weighted by Gasteiger charge is -2.16. The lowest BCUT2D eigenvalue weighted by molar-refractivity contribution is -0.158. The number of fused-ring (bicyclic) bond motifs is 1. The van der Waals surface area contributed by atoms with Crippen LogP contribution in [0.2, 0.25) is 20.1 Å². The third kappa shape index (κ3) is 5.41. The minimum absolute atomic E-state index is 0.00317. The van der Waals surface area contributed by atoms with E-state index in [4.69, 9.17) is 55.9 Å². The third-order valence-corrected chi connectivity index (χ3v) is 5.86. The summed E-state index contributed by atoms with van der Waals surface area (Å²) in [7, 11) is 0. The lowest BCUT2D eigenvalue weighted by Crippen LogP contribution is -2.35. The molecule has 3 rings (SSSR count). The minimum atomic E-state index is -1.82. The van der Waals surface area contributed by atoms with Gasteiger partial charge in [-0.3, -0.25) is 14.4 Å². The van der Waals surface area contributed by atoms with E-state index in [-0.39, 0.29) is 44.7 Å². The molecule has 0 aliphatic carbocycles. The summed E-state index contributed by atoms with van der Waals surface area (Å²) in [6.45, 7) is 3.08. The molecule has 0 aliphatic rings. The number of aromatic nitrogens is 1. The fourth-order valence-electron chi connectivity index (χ4n) is 3.18. The van der Waals surface area contributed by atoms with Crippen LogP contribution in [0.25, 0.3) is 22.2 Å². The molecule has 0 unspecified atom stereocenters. The Hall–Kier alpha value is -2.38. The molecule has 0 atom stereocenters. The topological polar surface area (TPSA) is 82.6 Å². The standard InChI is InChI=1S/C23H17Cl4NO5/c1-3-32-22(30)19(23(31)33-4-2)21(29)14-10-18(11-5-6-15(25)16(26)7-11)28-20-13(14)8-12(24)9-17(20)27/h5-10,19H,3-4H2,1-2H3. The fraction of sp³-hybridized carbons (Fsp3) is 0.217. The van der Waals surface area contributed by atoms with Crippen molar-refractivity contribution in [2.75, 3.05) is 13.2 Å². The Kier molecular flexibility index (Phi) is 8.19. The Labute approximate surface area is 209 Å². The van der Waals surface area contributed by atoms with Crippen molar-refractivity contribution in [3.05, 3.63) is 62.1 Å². The van der Waals surface area contributed by atoms with Crippen LogP contribution in [-0.2, 0) is 19.1 Å². The number of hydrogen-bond acceptors (Lipinski definition) is 6. The first-order valence-electron chi connectivity index (χ1n) is 9.80. The number of benzene rings is 2. The highest BCUT2D eigenvalue weighted by Crippen LogP contribution is 2.35. The molecule has 10 heteroatoms. The molecular weight excluding hydrogens is 512 g/mol. The maximum Gasteiger partial charge on any atom is 0.328 e. The Morgan fingerprint density at radius 1 is 0.848 bits per heavy atom. The van der Waals surface area contributed by atoms with Crippen molar-refractivity contribution in [3.8, 4) is 11.3 Å². The van der Waals surface area contributed by atoms with Crippen molar-refractivity contribution in [2.45, 2.75) is 13.8 Å². The third-order valence-electron chi connectivity index (χ3n) is 4.62. The van der Waals surface area contributed by atoms with Crippen LogP contribution in [0.1, 0.15) is 24.2 Å². The molecule has 6 nitrogen and oxygen atoms in total. The van der Waals surface area contributed by atoms with E-state index in [0.29, 0.717) is 16.3 Å². The first kappa shape index (κ1) is 25.2. The minimum Gasteiger partial charge on any atom is -0.465 e. The van der Waals surface area contributed by atoms with E-state index < -0.39 is 23.6 Å². The highest BCUT2D eigenvalue weighted by molar-refractivity contribution is 6.42. The number of Topliss-reactive ketones (excluding diaryl/α,β-unsaturated/α-hetero) is 1. The van der Waals surface area contributed by atoms with Crippen LogP contribution < -0.4 is 0 Å². The lowest BCUT2D eigenvalue weighted by atomic mass is 9.93. The van der Waals surface area contributed by atoms with Crippen LogP contribution in [0.4, 0.5) is 0 Å². The zero-order chi connectivity index (χ0) is 24.3. The van der Waals surface area contributed by atoms with Gasteiger partial charge in [-0.1, -0.05) is 52.5 Å². The van der Waals surface area contributed by atoms with Gasteiger partial charge in [-0.05, 0) is 44.2 Å². The number of halogens is 4. The number of hydrogen-bond donors (Lipinski definition) is 0. The maximum absolute atomic E-state index is 13.6. The molecule has 0 saturated carbocycles. The summed E-state index contributed by atoms with van der Waals surface area (Å²) in [4.78, 5) is 43.2. The van der Waals surface area contributed by atoms with Crippen molar-refractivity contribution >= 4 is 75.0 Å². The van der Waals surface area contributed by atoms with Crippen molar-refractivity contribution in [3.63, 3.8) is 0 Å². The number of esters is 2. The largest absolute Gasteiger partial charge is 0.465 e. The molecule has 1 aromatic heterocycles. The SMILES string of the molecule is CCOC(=O)C(C(=O)OCC)C(=O)c1cc(-c2ccc(Cl)c(Cl)c2)nc2c(Cl)cc(Cl)cc12. The maximum atomic E-state index is 13.6. The summed E-state index contributed by atoms with van der Waals surface area (Å²) in [5.74, 6) is -4.70. The first-order valence-corrected chi connectivity index (χ1v) is 11.3. The summed E-state index contributed by atoms with van der Waals surface area (Å²) in [5, 5.41) is 1.31. The molecule has 0 N–H and O–H groups in total. The van der Waals surface area contributed by atoms with E-state index >= 15 is 0 Å². The van der Waals surface area contributed by atoms with Crippen molar-refractivity contribution in [1.29, 1.82) is 0 Å². The van der Waals surface area contributed by atoms with Crippen molar-refractivity contribution in [2.24, 2.45) is 5.92 Å². The molecule has 172 valence electrons. The van der Waals surface area contributed by atoms with Crippen LogP contribution >= 0.6 is 46.4 Å². The summed E-state index contributed by atoms with van der Waals surface area (Å²) in [6.07, 6.45) is 0. The zero-order valence-corrected chi connectivity index (χ0v) is 20.5. The summed E-state index contributed by atoms with van der Waals surface area (Å²) in [6, 6.07) is 9.20. The predicted octanol–water partition coefficient (Wildman–Crippen LogP) is 6.44. The van der Waals surface area contributed by atoms with E-state index in [2.05, 4.69) is 4.98 Å². The molecule has 0 radical (unpaired) electrons. The average Bonchev–Trinajstić information content (AvgIpc) is 2.75. The van der Waals surface area contributed by atoms with Gasteiger partial charge in [-0.15, -0.1) is 0 Å². The molecule has 0 fully saturated rings. The van der Waals surface area contributed by atoms with Gasteiger partial charge in [-0.2, -0.15) is 0 Å². The Balaban J connectivity index is 2.28. The van der Waals surface area contributed by atoms with Gasteiger partial charge in [0.1, 0.15) is 0 Å². The molecule has 0 spiro atoms. The second-order valence-electron chi connectivity index (χ2n) is 6.77. The molecule has 33 heavy (non-hydrogen) atoms. The smallest absolute Gasteiger partial charge is 0.328 e. The van der Waals surface area contributed by atoms with Crippen molar-refractivity contribution in [1.82, 2.24) is 4.98 Å².